The van der Waals surface area contributed by atoms with Crippen LogP contribution in [0.1, 0.15) is 15.9 Å². The number of para-hydroxylation sites is 1. The quantitative estimate of drug-likeness (QED) is 0.786. The van der Waals surface area contributed by atoms with Crippen LogP contribution in [0.3, 0.4) is 0 Å². The van der Waals surface area contributed by atoms with Gasteiger partial charge in [0.2, 0.25) is 0 Å². The fraction of sp³-hybridized carbons (Fsp3) is 0.235. The van der Waals surface area contributed by atoms with Crippen molar-refractivity contribution in [3.63, 3.8) is 0 Å². The second-order valence-corrected chi connectivity index (χ2v) is 4.72. The zero-order valence-corrected chi connectivity index (χ0v) is 12.8. The van der Waals surface area contributed by atoms with Crippen LogP contribution in [0.5, 0.6) is 5.75 Å². The molecule has 23 heavy (non-hydrogen) atoms. The third-order valence-electron chi connectivity index (χ3n) is 3.16. The topological polar surface area (TPSA) is 77.5 Å². The zero-order chi connectivity index (χ0) is 16.5. The molecule has 0 aliphatic heterocycles. The number of hydrogen-bond donors (Lipinski definition) is 1. The third-order valence-corrected chi connectivity index (χ3v) is 3.16. The maximum atomic E-state index is 11.7. The smallest absolute Gasteiger partial charge is 0.338 e. The highest BCUT2D eigenvalue weighted by Crippen LogP contribution is 2.17. The first-order valence-electron chi connectivity index (χ1n) is 7.16. The molecule has 0 unspecified atom stereocenters. The molecular formula is C17H18N2O4. The second-order valence-electron chi connectivity index (χ2n) is 4.72. The van der Waals surface area contributed by atoms with Crippen molar-refractivity contribution in [2.75, 3.05) is 20.3 Å². The molecule has 6 nitrogen and oxygen atoms in total. The van der Waals surface area contributed by atoms with Gasteiger partial charge in [-0.05, 0) is 30.2 Å². The number of pyridine rings is 1. The van der Waals surface area contributed by atoms with E-state index in [9.17, 15) is 9.59 Å². The minimum atomic E-state index is -0.549. The van der Waals surface area contributed by atoms with Gasteiger partial charge in [0.1, 0.15) is 5.75 Å². The summed E-state index contributed by atoms with van der Waals surface area (Å²) in [6.45, 7) is 0.124. The summed E-state index contributed by atoms with van der Waals surface area (Å²) < 4.78 is 10.2. The minimum Gasteiger partial charge on any atom is -0.496 e. The van der Waals surface area contributed by atoms with Gasteiger partial charge in [0.15, 0.2) is 6.61 Å². The lowest BCUT2D eigenvalue weighted by atomic mass is 10.1. The number of carbonyl (C=O) groups is 2. The molecule has 2 aromatic rings. The number of methoxy groups -OCH3 is 1. The number of benzene rings is 1. The number of amides is 1. The van der Waals surface area contributed by atoms with Gasteiger partial charge in [0, 0.05) is 18.9 Å². The van der Waals surface area contributed by atoms with Crippen LogP contribution < -0.4 is 10.1 Å². The fourth-order valence-corrected chi connectivity index (χ4v) is 2.00. The molecule has 0 saturated heterocycles. The maximum Gasteiger partial charge on any atom is 0.338 e. The average molecular weight is 314 g/mol. The molecule has 0 bridgehead atoms. The normalized spacial score (nSPS) is 9.96. The molecule has 0 spiro atoms. The highest BCUT2D eigenvalue weighted by Gasteiger charge is 2.09. The molecule has 0 fully saturated rings. The Morgan fingerprint density at radius 1 is 1.13 bits per heavy atom. The van der Waals surface area contributed by atoms with Crippen LogP contribution in [-0.2, 0) is 16.0 Å². The van der Waals surface area contributed by atoms with E-state index in [2.05, 4.69) is 10.3 Å². The van der Waals surface area contributed by atoms with Crippen LogP contribution in [0, 0.1) is 0 Å². The van der Waals surface area contributed by atoms with Crippen molar-refractivity contribution >= 4 is 11.9 Å². The Morgan fingerprint density at radius 3 is 2.61 bits per heavy atom. The number of aromatic nitrogens is 1. The minimum absolute atomic E-state index is 0.312. The van der Waals surface area contributed by atoms with Gasteiger partial charge in [0.25, 0.3) is 5.91 Å². The number of nitrogens with one attached hydrogen (secondary N) is 1. The number of nitrogens with zero attached hydrogens (tertiary/aromatic N) is 1. The Kier molecular flexibility index (Phi) is 6.11. The lowest BCUT2D eigenvalue weighted by Gasteiger charge is -2.09. The standard InChI is InChI=1S/C17H18N2O4/c1-22-15-5-3-2-4-13(15)8-11-19-16(20)12-23-17(21)14-6-9-18-10-7-14/h2-7,9-10H,8,11-12H2,1H3,(H,19,20). The number of carbonyl (C=O) groups excluding carboxylic acids is 2. The van der Waals surface area contributed by atoms with E-state index in [0.29, 0.717) is 18.5 Å². The summed E-state index contributed by atoms with van der Waals surface area (Å²) in [5.41, 5.74) is 1.37. The zero-order valence-electron chi connectivity index (χ0n) is 12.8. The molecule has 0 radical (unpaired) electrons. The van der Waals surface area contributed by atoms with Crippen molar-refractivity contribution < 1.29 is 19.1 Å². The van der Waals surface area contributed by atoms with Crippen molar-refractivity contribution in [1.29, 1.82) is 0 Å². The predicted molar refractivity (Wildman–Crippen MR) is 84.2 cm³/mol. The molecule has 0 aliphatic rings. The van der Waals surface area contributed by atoms with Crippen molar-refractivity contribution in [3.8, 4) is 5.75 Å². The van der Waals surface area contributed by atoms with Crippen LogP contribution in [0.4, 0.5) is 0 Å². The first kappa shape index (κ1) is 16.5. The molecule has 1 heterocycles. The van der Waals surface area contributed by atoms with E-state index in [1.165, 1.54) is 24.5 Å². The molecule has 0 saturated carbocycles. The van der Waals surface area contributed by atoms with Gasteiger partial charge in [-0.1, -0.05) is 18.2 Å². The molecule has 1 N–H and O–H groups in total. The predicted octanol–water partition coefficient (Wildman–Crippen LogP) is 1.61. The SMILES string of the molecule is COc1ccccc1CCNC(=O)COC(=O)c1ccncc1. The Hall–Kier alpha value is -2.89. The van der Waals surface area contributed by atoms with Gasteiger partial charge in [-0.3, -0.25) is 9.78 Å². The van der Waals surface area contributed by atoms with Crippen LogP contribution >= 0.6 is 0 Å². The van der Waals surface area contributed by atoms with Gasteiger partial charge in [-0.2, -0.15) is 0 Å². The number of rotatable bonds is 7. The summed E-state index contributed by atoms with van der Waals surface area (Å²) in [4.78, 5) is 27.2. The van der Waals surface area contributed by atoms with Crippen molar-refractivity contribution in [2.24, 2.45) is 0 Å². The van der Waals surface area contributed by atoms with Crippen molar-refractivity contribution in [3.05, 3.63) is 59.9 Å². The first-order valence-corrected chi connectivity index (χ1v) is 7.16. The molecule has 120 valence electrons. The molecular weight excluding hydrogens is 296 g/mol. The van der Waals surface area contributed by atoms with Gasteiger partial charge in [-0.25, -0.2) is 4.79 Å². The summed E-state index contributed by atoms with van der Waals surface area (Å²) in [7, 11) is 1.61. The maximum absolute atomic E-state index is 11.7. The molecule has 6 heteroatoms. The van der Waals surface area contributed by atoms with E-state index in [-0.39, 0.29) is 12.5 Å². The fourth-order valence-electron chi connectivity index (χ4n) is 2.00. The van der Waals surface area contributed by atoms with Crippen LogP contribution in [0.2, 0.25) is 0 Å². The molecule has 0 aliphatic carbocycles. The summed E-state index contributed by atoms with van der Waals surface area (Å²) in [5, 5.41) is 2.71. The third kappa shape index (κ3) is 5.10. The number of ether oxygens (including phenoxy) is 2. The summed E-state index contributed by atoms with van der Waals surface area (Å²) >= 11 is 0. The highest BCUT2D eigenvalue weighted by molar-refractivity contribution is 5.91. The summed E-state index contributed by atoms with van der Waals surface area (Å²) in [5.74, 6) is -0.111. The van der Waals surface area contributed by atoms with E-state index >= 15 is 0 Å². The summed E-state index contributed by atoms with van der Waals surface area (Å²) in [6, 6.07) is 10.7. The van der Waals surface area contributed by atoms with Gasteiger partial charge < -0.3 is 14.8 Å². The summed E-state index contributed by atoms with van der Waals surface area (Å²) in [6.07, 6.45) is 3.61. The molecule has 0 atom stereocenters. The van der Waals surface area contributed by atoms with Crippen molar-refractivity contribution in [1.82, 2.24) is 10.3 Å². The van der Waals surface area contributed by atoms with E-state index in [1.54, 1.807) is 7.11 Å². The molecule has 1 aromatic heterocycles. The Labute approximate surface area is 134 Å². The first-order chi connectivity index (χ1) is 11.2. The lowest BCUT2D eigenvalue weighted by Crippen LogP contribution is -2.30. The second kappa shape index (κ2) is 8.53. The monoisotopic (exact) mass is 314 g/mol. The van der Waals surface area contributed by atoms with Crippen LogP contribution in [0.25, 0.3) is 0 Å². The van der Waals surface area contributed by atoms with E-state index in [1.807, 2.05) is 24.3 Å². The Bertz CT molecular complexity index is 659. The van der Waals surface area contributed by atoms with E-state index in [0.717, 1.165) is 11.3 Å². The van der Waals surface area contributed by atoms with Crippen LogP contribution in [0.15, 0.2) is 48.8 Å². The van der Waals surface area contributed by atoms with Gasteiger partial charge >= 0.3 is 5.97 Å². The number of esters is 1. The molecule has 1 aromatic carbocycles. The van der Waals surface area contributed by atoms with Gasteiger partial charge in [-0.15, -0.1) is 0 Å². The molecule has 1 amide bonds. The van der Waals surface area contributed by atoms with Crippen LogP contribution in [-0.4, -0.2) is 37.1 Å². The largest absolute Gasteiger partial charge is 0.496 e. The van der Waals surface area contributed by atoms with E-state index in [4.69, 9.17) is 9.47 Å². The Morgan fingerprint density at radius 2 is 1.87 bits per heavy atom. The highest BCUT2D eigenvalue weighted by atomic mass is 16.5. The van der Waals surface area contributed by atoms with Crippen molar-refractivity contribution in [2.45, 2.75) is 6.42 Å². The van der Waals surface area contributed by atoms with Gasteiger partial charge in [0.05, 0.1) is 12.7 Å². The Balaban J connectivity index is 1.72. The average Bonchev–Trinajstić information content (AvgIpc) is 2.61. The van der Waals surface area contributed by atoms with E-state index < -0.39 is 5.97 Å². The lowest BCUT2D eigenvalue weighted by molar-refractivity contribution is -0.124. The molecule has 2 rings (SSSR count). The number of hydrogen-bond acceptors (Lipinski definition) is 5.